The van der Waals surface area contributed by atoms with Crippen molar-refractivity contribution in [1.82, 2.24) is 14.4 Å². The minimum absolute atomic E-state index is 0.0714. The molecule has 3 rings (SSSR count). The maximum atomic E-state index is 13.9. The highest BCUT2D eigenvalue weighted by Crippen LogP contribution is 2.24. The SMILES string of the molecule is Cc1ccc(NC(=O)N2CCN(S(=O)(=O)c3c(C)noc3C)CC2)c(F)c1. The summed E-state index contributed by atoms with van der Waals surface area (Å²) in [6.45, 7) is 5.54. The molecule has 2 amide bonds. The number of carbonyl (C=O) groups is 1. The zero-order valence-corrected chi connectivity index (χ0v) is 16.1. The maximum absolute atomic E-state index is 13.9. The van der Waals surface area contributed by atoms with Gasteiger partial charge in [0.1, 0.15) is 16.4 Å². The van der Waals surface area contributed by atoms with Gasteiger partial charge in [-0.25, -0.2) is 17.6 Å². The Morgan fingerprint density at radius 1 is 1.19 bits per heavy atom. The topological polar surface area (TPSA) is 95.8 Å². The third-order valence-electron chi connectivity index (χ3n) is 4.46. The molecular weight excluding hydrogens is 375 g/mol. The number of amides is 2. The van der Waals surface area contributed by atoms with Crippen LogP contribution in [0, 0.1) is 26.6 Å². The molecule has 1 aromatic carbocycles. The fourth-order valence-corrected chi connectivity index (χ4v) is 4.73. The summed E-state index contributed by atoms with van der Waals surface area (Å²) >= 11 is 0. The first-order valence-electron chi connectivity index (χ1n) is 8.45. The second-order valence-electron chi connectivity index (χ2n) is 6.46. The van der Waals surface area contributed by atoms with E-state index in [0.29, 0.717) is 5.69 Å². The molecule has 0 radical (unpaired) electrons. The molecule has 146 valence electrons. The van der Waals surface area contributed by atoms with Crippen molar-refractivity contribution in [2.75, 3.05) is 31.5 Å². The van der Waals surface area contributed by atoms with Crippen LogP contribution in [0.15, 0.2) is 27.6 Å². The number of nitrogens with zero attached hydrogens (tertiary/aromatic N) is 3. The molecule has 0 unspecified atom stereocenters. The van der Waals surface area contributed by atoms with Crippen LogP contribution in [0.25, 0.3) is 0 Å². The Morgan fingerprint density at radius 2 is 1.85 bits per heavy atom. The molecule has 1 aromatic heterocycles. The minimum Gasteiger partial charge on any atom is -0.360 e. The molecule has 0 saturated carbocycles. The van der Waals surface area contributed by atoms with Crippen molar-refractivity contribution in [2.24, 2.45) is 0 Å². The Hall–Kier alpha value is -2.46. The van der Waals surface area contributed by atoms with E-state index in [1.165, 1.54) is 21.3 Å². The standard InChI is InChI=1S/C17H21FN4O4S/c1-11-4-5-15(14(18)10-11)19-17(23)21-6-8-22(9-7-21)27(24,25)16-12(2)20-26-13(16)3/h4-5,10H,6-9H2,1-3H3,(H,19,23). The van der Waals surface area contributed by atoms with Gasteiger partial charge in [0.2, 0.25) is 10.0 Å². The van der Waals surface area contributed by atoms with E-state index in [1.54, 1.807) is 26.8 Å². The lowest BCUT2D eigenvalue weighted by atomic mass is 10.2. The molecule has 2 heterocycles. The van der Waals surface area contributed by atoms with E-state index < -0.39 is 21.9 Å². The van der Waals surface area contributed by atoms with Crippen LogP contribution in [0.1, 0.15) is 17.0 Å². The van der Waals surface area contributed by atoms with E-state index in [9.17, 15) is 17.6 Å². The van der Waals surface area contributed by atoms with Gasteiger partial charge in [-0.2, -0.15) is 4.31 Å². The summed E-state index contributed by atoms with van der Waals surface area (Å²) in [4.78, 5) is 13.9. The molecule has 1 aliphatic heterocycles. The van der Waals surface area contributed by atoms with Gasteiger partial charge in [-0.1, -0.05) is 11.2 Å². The number of carbonyl (C=O) groups excluding carboxylic acids is 1. The zero-order valence-electron chi connectivity index (χ0n) is 15.3. The summed E-state index contributed by atoms with van der Waals surface area (Å²) < 4.78 is 45.7. The molecular formula is C17H21FN4O4S. The summed E-state index contributed by atoms with van der Waals surface area (Å²) in [6.07, 6.45) is 0. The summed E-state index contributed by atoms with van der Waals surface area (Å²) in [6, 6.07) is 4.07. The van der Waals surface area contributed by atoms with Crippen LogP contribution in [0.2, 0.25) is 0 Å². The second-order valence-corrected chi connectivity index (χ2v) is 8.33. The van der Waals surface area contributed by atoms with Crippen LogP contribution in [0.3, 0.4) is 0 Å². The van der Waals surface area contributed by atoms with Gasteiger partial charge in [0, 0.05) is 26.2 Å². The first-order chi connectivity index (χ1) is 12.7. The number of sulfonamides is 1. The van der Waals surface area contributed by atoms with E-state index >= 15 is 0 Å². The molecule has 2 aromatic rings. The predicted octanol–water partition coefficient (Wildman–Crippen LogP) is 2.28. The molecule has 1 aliphatic rings. The van der Waals surface area contributed by atoms with Crippen molar-refractivity contribution in [3.63, 3.8) is 0 Å². The zero-order chi connectivity index (χ0) is 19.8. The Morgan fingerprint density at radius 3 is 2.41 bits per heavy atom. The predicted molar refractivity (Wildman–Crippen MR) is 96.5 cm³/mol. The van der Waals surface area contributed by atoms with Crippen molar-refractivity contribution in [2.45, 2.75) is 25.7 Å². The largest absolute Gasteiger partial charge is 0.360 e. The van der Waals surface area contributed by atoms with Gasteiger partial charge in [0.25, 0.3) is 0 Å². The van der Waals surface area contributed by atoms with E-state index in [0.717, 1.165) is 5.56 Å². The highest BCUT2D eigenvalue weighted by atomic mass is 32.2. The fourth-order valence-electron chi connectivity index (χ4n) is 3.02. The summed E-state index contributed by atoms with van der Waals surface area (Å²) in [5.41, 5.74) is 1.16. The lowest BCUT2D eigenvalue weighted by molar-refractivity contribution is 0.184. The molecule has 1 saturated heterocycles. The summed E-state index contributed by atoms with van der Waals surface area (Å²) in [5.74, 6) is -0.273. The van der Waals surface area contributed by atoms with E-state index in [4.69, 9.17) is 4.52 Å². The van der Waals surface area contributed by atoms with Crippen molar-refractivity contribution < 1.29 is 22.1 Å². The second kappa shape index (κ2) is 7.28. The Balaban J connectivity index is 1.65. The van der Waals surface area contributed by atoms with E-state index in [-0.39, 0.29) is 42.5 Å². The van der Waals surface area contributed by atoms with Crippen molar-refractivity contribution in [3.05, 3.63) is 41.0 Å². The smallest absolute Gasteiger partial charge is 0.322 e. The van der Waals surface area contributed by atoms with E-state index in [1.807, 2.05) is 0 Å². The van der Waals surface area contributed by atoms with Crippen molar-refractivity contribution in [1.29, 1.82) is 0 Å². The van der Waals surface area contributed by atoms with Crippen molar-refractivity contribution >= 4 is 21.7 Å². The molecule has 0 spiro atoms. The summed E-state index contributed by atoms with van der Waals surface area (Å²) in [5, 5.41) is 6.22. The number of hydrogen-bond acceptors (Lipinski definition) is 5. The average Bonchev–Trinajstić information content (AvgIpc) is 2.96. The van der Waals surface area contributed by atoms with Gasteiger partial charge in [0.15, 0.2) is 5.76 Å². The Labute approximate surface area is 157 Å². The van der Waals surface area contributed by atoms with Crippen LogP contribution >= 0.6 is 0 Å². The van der Waals surface area contributed by atoms with Gasteiger partial charge in [-0.3, -0.25) is 0 Å². The third kappa shape index (κ3) is 3.81. The molecule has 8 nitrogen and oxygen atoms in total. The van der Waals surface area contributed by atoms with Gasteiger partial charge in [-0.15, -0.1) is 0 Å². The van der Waals surface area contributed by atoms with Gasteiger partial charge >= 0.3 is 6.03 Å². The number of benzene rings is 1. The molecule has 0 bridgehead atoms. The number of rotatable bonds is 3. The van der Waals surface area contributed by atoms with Crippen LogP contribution < -0.4 is 5.32 Å². The van der Waals surface area contributed by atoms with Crippen LogP contribution in [-0.4, -0.2) is 55.0 Å². The fraction of sp³-hybridized carbons (Fsp3) is 0.412. The molecule has 27 heavy (non-hydrogen) atoms. The molecule has 1 fully saturated rings. The lowest BCUT2D eigenvalue weighted by Crippen LogP contribution is -2.51. The molecule has 1 N–H and O–H groups in total. The highest BCUT2D eigenvalue weighted by Gasteiger charge is 2.34. The minimum atomic E-state index is -3.74. The monoisotopic (exact) mass is 396 g/mol. The Kier molecular flexibility index (Phi) is 5.20. The summed E-state index contributed by atoms with van der Waals surface area (Å²) in [7, 11) is -3.74. The first kappa shape index (κ1) is 19.3. The van der Waals surface area contributed by atoms with Crippen LogP contribution in [0.4, 0.5) is 14.9 Å². The number of halogens is 1. The van der Waals surface area contributed by atoms with Crippen LogP contribution in [-0.2, 0) is 10.0 Å². The lowest BCUT2D eigenvalue weighted by Gasteiger charge is -2.33. The van der Waals surface area contributed by atoms with E-state index in [2.05, 4.69) is 10.5 Å². The number of aryl methyl sites for hydroxylation is 3. The third-order valence-corrected chi connectivity index (χ3v) is 6.60. The quantitative estimate of drug-likeness (QED) is 0.859. The number of urea groups is 1. The number of anilines is 1. The Bertz CT molecular complexity index is 946. The van der Waals surface area contributed by atoms with Gasteiger partial charge in [0.05, 0.1) is 5.69 Å². The highest BCUT2D eigenvalue weighted by molar-refractivity contribution is 7.89. The molecule has 10 heteroatoms. The molecule has 0 atom stereocenters. The maximum Gasteiger partial charge on any atom is 0.322 e. The number of hydrogen-bond donors (Lipinski definition) is 1. The normalized spacial score (nSPS) is 15.8. The first-order valence-corrected chi connectivity index (χ1v) is 9.89. The van der Waals surface area contributed by atoms with Crippen molar-refractivity contribution in [3.8, 4) is 0 Å². The van der Waals surface area contributed by atoms with Crippen LogP contribution in [0.5, 0.6) is 0 Å². The number of piperazine rings is 1. The number of nitrogens with one attached hydrogen (secondary N) is 1. The average molecular weight is 396 g/mol. The van der Waals surface area contributed by atoms with Gasteiger partial charge < -0.3 is 14.7 Å². The van der Waals surface area contributed by atoms with Gasteiger partial charge in [-0.05, 0) is 38.5 Å². The molecule has 0 aliphatic carbocycles. The number of aromatic nitrogens is 1.